The highest BCUT2D eigenvalue weighted by atomic mass is 35.5. The number of nitrogens with one attached hydrogen (secondary N) is 1. The molecule has 0 bridgehead atoms. The maximum absolute atomic E-state index is 12.4. The molecule has 134 valence electrons. The van der Waals surface area contributed by atoms with Gasteiger partial charge in [-0.15, -0.1) is 0 Å². The lowest BCUT2D eigenvalue weighted by Crippen LogP contribution is -2.52. The second kappa shape index (κ2) is 7.67. The summed E-state index contributed by atoms with van der Waals surface area (Å²) in [7, 11) is 6.27. The van der Waals surface area contributed by atoms with E-state index in [0.29, 0.717) is 11.0 Å². The van der Waals surface area contributed by atoms with Crippen LogP contribution in [0.1, 0.15) is 16.1 Å². The van der Waals surface area contributed by atoms with Crippen molar-refractivity contribution >= 4 is 29.1 Å². The normalized spacial score (nSPS) is 12.6. The zero-order valence-corrected chi connectivity index (χ0v) is 15.4. The Balaban J connectivity index is 2.10. The highest BCUT2D eigenvalue weighted by Crippen LogP contribution is 2.17. The molecule has 7 nitrogen and oxygen atoms in total. The fourth-order valence-electron chi connectivity index (χ4n) is 2.41. The Morgan fingerprint density at radius 2 is 1.80 bits per heavy atom. The Kier molecular flexibility index (Phi) is 5.81. The van der Waals surface area contributed by atoms with Crippen LogP contribution in [0.25, 0.3) is 0 Å². The molecular weight excluding hydrogens is 340 g/mol. The molecule has 1 aromatic carbocycles. The van der Waals surface area contributed by atoms with E-state index < -0.39 is 5.91 Å². The van der Waals surface area contributed by atoms with Crippen molar-refractivity contribution in [1.82, 2.24) is 15.3 Å². The predicted molar refractivity (Wildman–Crippen MR) is 100 cm³/mol. The van der Waals surface area contributed by atoms with Crippen molar-refractivity contribution in [1.29, 1.82) is 0 Å². The number of benzene rings is 1. The van der Waals surface area contributed by atoms with E-state index in [4.69, 9.17) is 23.1 Å². The standard InChI is InChI=1S/C17H23ClN6O/c1-24(2,3)12(9-11-7-5-4-6-8-11)10-21-17(25)13-15(19)23-16(20)14(18)22-13/h4-8,12H,9-10H2,1-3H3,(H4-,19,20,21,23,25)/p+1/t12-/m0/s1. The Hall–Kier alpha value is -2.38. The molecule has 0 unspecified atom stereocenters. The zero-order valence-electron chi connectivity index (χ0n) is 14.7. The number of amides is 1. The fourth-order valence-corrected chi connectivity index (χ4v) is 2.54. The van der Waals surface area contributed by atoms with Crippen molar-refractivity contribution in [3.05, 3.63) is 46.7 Å². The van der Waals surface area contributed by atoms with Gasteiger partial charge in [-0.25, -0.2) is 9.97 Å². The van der Waals surface area contributed by atoms with E-state index in [9.17, 15) is 4.79 Å². The molecule has 2 aromatic rings. The molecular formula is C17H24ClN6O+. The summed E-state index contributed by atoms with van der Waals surface area (Å²) in [6.45, 7) is 0.459. The van der Waals surface area contributed by atoms with Gasteiger partial charge < -0.3 is 21.3 Å². The molecule has 1 atom stereocenters. The molecule has 1 amide bonds. The van der Waals surface area contributed by atoms with Gasteiger partial charge in [0.15, 0.2) is 22.5 Å². The zero-order chi connectivity index (χ0) is 18.6. The second-order valence-corrected chi connectivity index (χ2v) is 7.16. The first-order valence-corrected chi connectivity index (χ1v) is 8.28. The van der Waals surface area contributed by atoms with Crippen LogP contribution in [0.5, 0.6) is 0 Å². The highest BCUT2D eigenvalue weighted by Gasteiger charge is 2.26. The number of nitrogen functional groups attached to an aromatic ring is 2. The number of nitrogens with zero attached hydrogens (tertiary/aromatic N) is 3. The minimum Gasteiger partial charge on any atom is -0.382 e. The van der Waals surface area contributed by atoms with Crippen LogP contribution >= 0.6 is 11.6 Å². The number of anilines is 2. The number of quaternary nitrogens is 1. The van der Waals surface area contributed by atoms with Gasteiger partial charge in [-0.05, 0) is 5.56 Å². The van der Waals surface area contributed by atoms with E-state index in [-0.39, 0.29) is 28.5 Å². The van der Waals surface area contributed by atoms with Crippen molar-refractivity contribution < 1.29 is 9.28 Å². The lowest BCUT2D eigenvalue weighted by Gasteiger charge is -2.34. The van der Waals surface area contributed by atoms with Crippen LogP contribution < -0.4 is 16.8 Å². The number of aromatic nitrogens is 2. The molecule has 0 spiro atoms. The summed E-state index contributed by atoms with van der Waals surface area (Å²) in [6, 6.07) is 10.3. The minimum atomic E-state index is -0.418. The number of likely N-dealkylation sites (N-methyl/N-ethyl adjacent to an activating group) is 1. The summed E-state index contributed by atoms with van der Waals surface area (Å²) in [5.41, 5.74) is 12.5. The van der Waals surface area contributed by atoms with E-state index in [2.05, 4.69) is 48.6 Å². The number of hydrogen-bond donors (Lipinski definition) is 3. The van der Waals surface area contributed by atoms with Crippen LogP contribution in [0.4, 0.5) is 11.6 Å². The molecule has 0 saturated heterocycles. The van der Waals surface area contributed by atoms with E-state index in [1.54, 1.807) is 0 Å². The van der Waals surface area contributed by atoms with Crippen LogP contribution in [-0.2, 0) is 6.42 Å². The number of rotatable bonds is 6. The number of nitrogens with two attached hydrogens (primary N) is 2. The molecule has 0 aliphatic rings. The molecule has 0 aliphatic heterocycles. The van der Waals surface area contributed by atoms with Crippen LogP contribution in [0.2, 0.25) is 5.15 Å². The van der Waals surface area contributed by atoms with Crippen molar-refractivity contribution in [3.8, 4) is 0 Å². The first kappa shape index (κ1) is 19.0. The summed E-state index contributed by atoms with van der Waals surface area (Å²) in [5, 5.41) is 2.84. The highest BCUT2D eigenvalue weighted by molar-refractivity contribution is 6.31. The molecule has 0 fully saturated rings. The van der Waals surface area contributed by atoms with E-state index in [1.807, 2.05) is 18.2 Å². The molecule has 2 rings (SSSR count). The molecule has 1 aromatic heterocycles. The molecule has 1 heterocycles. The topological polar surface area (TPSA) is 107 Å². The van der Waals surface area contributed by atoms with Gasteiger partial charge in [0.05, 0.1) is 27.7 Å². The maximum Gasteiger partial charge on any atom is 0.274 e. The van der Waals surface area contributed by atoms with Gasteiger partial charge in [0.2, 0.25) is 0 Å². The van der Waals surface area contributed by atoms with Gasteiger partial charge >= 0.3 is 0 Å². The molecule has 0 aliphatic carbocycles. The third kappa shape index (κ3) is 5.04. The average Bonchev–Trinajstić information content (AvgIpc) is 2.54. The Morgan fingerprint density at radius 3 is 2.40 bits per heavy atom. The van der Waals surface area contributed by atoms with E-state index in [0.717, 1.165) is 6.42 Å². The number of hydrogen-bond acceptors (Lipinski definition) is 5. The predicted octanol–water partition coefficient (Wildman–Crippen LogP) is 1.34. The monoisotopic (exact) mass is 363 g/mol. The lowest BCUT2D eigenvalue weighted by molar-refractivity contribution is -0.894. The number of halogens is 1. The molecule has 0 radical (unpaired) electrons. The van der Waals surface area contributed by atoms with Gasteiger partial charge in [-0.1, -0.05) is 41.9 Å². The van der Waals surface area contributed by atoms with E-state index >= 15 is 0 Å². The second-order valence-electron chi connectivity index (χ2n) is 6.80. The van der Waals surface area contributed by atoms with Crippen molar-refractivity contribution in [2.45, 2.75) is 12.5 Å². The fraction of sp³-hybridized carbons (Fsp3) is 0.353. The number of carbonyl (C=O) groups excluding carboxylic acids is 1. The summed E-state index contributed by atoms with van der Waals surface area (Å²) in [4.78, 5) is 20.2. The SMILES string of the molecule is C[N+](C)(C)[C@H](CNC(=O)c1nc(Cl)c(N)nc1N)Cc1ccccc1. The van der Waals surface area contributed by atoms with Gasteiger partial charge in [0.1, 0.15) is 6.04 Å². The average molecular weight is 364 g/mol. The largest absolute Gasteiger partial charge is 0.382 e. The van der Waals surface area contributed by atoms with Crippen LogP contribution in [0.15, 0.2) is 30.3 Å². The Bertz CT molecular complexity index is 745. The first-order chi connectivity index (χ1) is 11.7. The van der Waals surface area contributed by atoms with Crippen LogP contribution in [0, 0.1) is 0 Å². The Morgan fingerprint density at radius 1 is 1.16 bits per heavy atom. The molecule has 8 heteroatoms. The van der Waals surface area contributed by atoms with Gasteiger partial charge in [-0.2, -0.15) is 0 Å². The maximum atomic E-state index is 12.4. The molecule has 5 N–H and O–H groups in total. The van der Waals surface area contributed by atoms with Crippen molar-refractivity contribution in [2.24, 2.45) is 0 Å². The quantitative estimate of drug-likeness (QED) is 0.671. The first-order valence-electron chi connectivity index (χ1n) is 7.90. The van der Waals surface area contributed by atoms with E-state index in [1.165, 1.54) is 5.56 Å². The smallest absolute Gasteiger partial charge is 0.274 e. The van der Waals surface area contributed by atoms with Crippen LogP contribution in [0.3, 0.4) is 0 Å². The van der Waals surface area contributed by atoms with Crippen molar-refractivity contribution in [3.63, 3.8) is 0 Å². The molecule has 0 saturated carbocycles. The van der Waals surface area contributed by atoms with Crippen LogP contribution in [-0.4, -0.2) is 54.1 Å². The third-order valence-corrected chi connectivity index (χ3v) is 4.31. The minimum absolute atomic E-state index is 0.00373. The van der Waals surface area contributed by atoms with Crippen molar-refractivity contribution in [2.75, 3.05) is 39.2 Å². The Labute approximate surface area is 152 Å². The van der Waals surface area contributed by atoms with Gasteiger partial charge in [-0.3, -0.25) is 4.79 Å². The van der Waals surface area contributed by atoms with Gasteiger partial charge in [0, 0.05) is 6.42 Å². The third-order valence-electron chi connectivity index (χ3n) is 4.03. The molecule has 25 heavy (non-hydrogen) atoms. The summed E-state index contributed by atoms with van der Waals surface area (Å²) >= 11 is 5.84. The lowest BCUT2D eigenvalue weighted by atomic mass is 10.0. The summed E-state index contributed by atoms with van der Waals surface area (Å²) in [5.74, 6) is -0.452. The summed E-state index contributed by atoms with van der Waals surface area (Å²) < 4.78 is 0.693. The van der Waals surface area contributed by atoms with Gasteiger partial charge in [0.25, 0.3) is 5.91 Å². The summed E-state index contributed by atoms with van der Waals surface area (Å²) in [6.07, 6.45) is 0.828. The number of carbonyl (C=O) groups is 1.